The molecule has 37 heavy (non-hydrogen) atoms. The molecule has 3 amide bonds. The second-order valence-electron chi connectivity index (χ2n) is 8.79. The number of carbonyl (C=O) groups excluding carboxylic acids is 3. The predicted molar refractivity (Wildman–Crippen MR) is 131 cm³/mol. The van der Waals surface area contributed by atoms with E-state index in [2.05, 4.69) is 20.0 Å². The molecule has 0 bridgehead atoms. The van der Waals surface area contributed by atoms with Crippen LogP contribution in [0, 0.1) is 0 Å². The minimum absolute atomic E-state index is 0.0862. The van der Waals surface area contributed by atoms with Crippen molar-refractivity contribution in [2.24, 2.45) is 0 Å². The van der Waals surface area contributed by atoms with E-state index in [1.165, 1.54) is 4.90 Å². The summed E-state index contributed by atoms with van der Waals surface area (Å²) in [6.45, 7) is 1.75. The van der Waals surface area contributed by atoms with E-state index in [0.717, 1.165) is 12.8 Å². The highest BCUT2D eigenvalue weighted by Crippen LogP contribution is 2.24. The molecule has 12 nitrogen and oxygen atoms in total. The molecule has 5 rings (SSSR count). The molecule has 192 valence electrons. The van der Waals surface area contributed by atoms with Crippen LogP contribution in [0.1, 0.15) is 23.2 Å². The van der Waals surface area contributed by atoms with Crippen LogP contribution in [0.4, 0.5) is 11.4 Å². The van der Waals surface area contributed by atoms with Gasteiger partial charge in [0.1, 0.15) is 0 Å². The van der Waals surface area contributed by atoms with E-state index in [4.69, 9.17) is 4.74 Å². The molecule has 2 aliphatic rings. The number of H-pyrrole nitrogens is 1. The first-order valence-corrected chi connectivity index (χ1v) is 11.9. The SMILES string of the molecule is O=C(Nc1ccc(-c2noc(=O)[nH]2)cc1)[C@H](O)[C@H]1OCCN(c2cccc(C(=O)N3CCCC3)c2)C1=O. The number of rotatable bonds is 6. The number of aliphatic hydroxyl groups excluding tert-OH is 1. The van der Waals surface area contributed by atoms with E-state index in [9.17, 15) is 24.3 Å². The van der Waals surface area contributed by atoms with Crippen molar-refractivity contribution >= 4 is 29.1 Å². The van der Waals surface area contributed by atoms with Gasteiger partial charge in [-0.1, -0.05) is 11.2 Å². The molecular weight excluding hydrogens is 482 g/mol. The molecule has 0 saturated carbocycles. The number of amides is 3. The first kappa shape index (κ1) is 24.4. The average Bonchev–Trinajstić information content (AvgIpc) is 3.61. The summed E-state index contributed by atoms with van der Waals surface area (Å²) in [7, 11) is 0. The zero-order valence-corrected chi connectivity index (χ0v) is 19.8. The van der Waals surface area contributed by atoms with E-state index in [0.29, 0.717) is 35.6 Å². The van der Waals surface area contributed by atoms with Gasteiger partial charge in [-0.2, -0.15) is 0 Å². The summed E-state index contributed by atoms with van der Waals surface area (Å²) in [4.78, 5) is 55.4. The van der Waals surface area contributed by atoms with Gasteiger partial charge in [-0.3, -0.25) is 23.9 Å². The number of carbonyl (C=O) groups is 3. The second-order valence-corrected chi connectivity index (χ2v) is 8.79. The highest BCUT2D eigenvalue weighted by Gasteiger charge is 2.39. The number of aliphatic hydroxyl groups is 1. The quantitative estimate of drug-likeness (QED) is 0.446. The average molecular weight is 508 g/mol. The van der Waals surface area contributed by atoms with Gasteiger partial charge in [0.25, 0.3) is 17.7 Å². The third-order valence-electron chi connectivity index (χ3n) is 6.34. The lowest BCUT2D eigenvalue weighted by Crippen LogP contribution is -2.55. The summed E-state index contributed by atoms with van der Waals surface area (Å²) in [5.74, 6) is -1.94. The summed E-state index contributed by atoms with van der Waals surface area (Å²) >= 11 is 0. The Hall–Kier alpha value is -4.29. The Kier molecular flexibility index (Phi) is 6.84. The molecule has 0 radical (unpaired) electrons. The largest absolute Gasteiger partial charge is 0.439 e. The molecule has 0 spiro atoms. The zero-order valence-electron chi connectivity index (χ0n) is 19.8. The molecule has 2 fully saturated rings. The zero-order chi connectivity index (χ0) is 25.9. The van der Waals surface area contributed by atoms with Crippen molar-refractivity contribution < 1.29 is 28.8 Å². The first-order chi connectivity index (χ1) is 17.9. The Morgan fingerprint density at radius 3 is 2.54 bits per heavy atom. The van der Waals surface area contributed by atoms with Crippen molar-refractivity contribution in [3.63, 3.8) is 0 Å². The normalized spacial score (nSPS) is 18.6. The van der Waals surface area contributed by atoms with E-state index >= 15 is 0 Å². The van der Waals surface area contributed by atoms with Crippen LogP contribution < -0.4 is 16.0 Å². The van der Waals surface area contributed by atoms with Gasteiger partial charge < -0.3 is 25.0 Å². The Balaban J connectivity index is 1.25. The summed E-state index contributed by atoms with van der Waals surface area (Å²) in [5, 5.41) is 16.8. The van der Waals surface area contributed by atoms with Crippen LogP contribution >= 0.6 is 0 Å². The number of aromatic amines is 1. The van der Waals surface area contributed by atoms with Crippen LogP contribution in [0.2, 0.25) is 0 Å². The molecule has 12 heteroatoms. The minimum Gasteiger partial charge on any atom is -0.380 e. The molecular formula is C25H25N5O7. The fraction of sp³-hybridized carbons (Fsp3) is 0.320. The van der Waals surface area contributed by atoms with E-state index < -0.39 is 29.8 Å². The van der Waals surface area contributed by atoms with Gasteiger partial charge in [0.05, 0.1) is 6.61 Å². The number of benzene rings is 2. The van der Waals surface area contributed by atoms with Crippen LogP contribution in [0.5, 0.6) is 0 Å². The van der Waals surface area contributed by atoms with Gasteiger partial charge in [0.15, 0.2) is 18.0 Å². The third-order valence-corrected chi connectivity index (χ3v) is 6.34. The lowest BCUT2D eigenvalue weighted by atomic mass is 10.1. The Bertz CT molecular complexity index is 1360. The summed E-state index contributed by atoms with van der Waals surface area (Å²) in [6.07, 6.45) is -1.23. The second kappa shape index (κ2) is 10.4. The monoisotopic (exact) mass is 507 g/mol. The molecule has 3 N–H and O–H groups in total. The molecule has 3 aromatic rings. The van der Waals surface area contributed by atoms with E-state index in [1.54, 1.807) is 53.4 Å². The molecule has 0 unspecified atom stereocenters. The van der Waals surface area contributed by atoms with Crippen molar-refractivity contribution in [2.75, 3.05) is 36.5 Å². The van der Waals surface area contributed by atoms with Crippen LogP contribution in [-0.4, -0.2) is 76.3 Å². The van der Waals surface area contributed by atoms with Crippen LogP contribution in [0.15, 0.2) is 57.8 Å². The standard InChI is InChI=1S/C25H25N5O7/c31-19(22(32)26-17-8-6-15(7-9-17)21-27-25(35)37-28-21)20-24(34)30(12-13-36-20)18-5-3-4-16(14-18)23(33)29-10-1-2-11-29/h3-9,14,19-20,31H,1-2,10-13H2,(H,26,32)(H,27,28,35)/t19-,20-/m1/s1. The number of likely N-dealkylation sites (tertiary alicyclic amines) is 1. The van der Waals surface area contributed by atoms with Gasteiger partial charge in [-0.25, -0.2) is 4.79 Å². The minimum atomic E-state index is -1.77. The molecule has 2 saturated heterocycles. The summed E-state index contributed by atoms with van der Waals surface area (Å²) < 4.78 is 9.94. The predicted octanol–water partition coefficient (Wildman–Crippen LogP) is 0.997. The third kappa shape index (κ3) is 5.15. The van der Waals surface area contributed by atoms with Crippen molar-refractivity contribution in [3.05, 3.63) is 64.6 Å². The molecule has 0 aliphatic carbocycles. The molecule has 2 atom stereocenters. The van der Waals surface area contributed by atoms with Crippen molar-refractivity contribution in [3.8, 4) is 11.4 Å². The maximum atomic E-state index is 13.2. The number of morpholine rings is 1. The van der Waals surface area contributed by atoms with Crippen LogP contribution in [0.3, 0.4) is 0 Å². The summed E-state index contributed by atoms with van der Waals surface area (Å²) in [6, 6.07) is 13.1. The van der Waals surface area contributed by atoms with Gasteiger partial charge in [0, 0.05) is 42.1 Å². The lowest BCUT2D eigenvalue weighted by Gasteiger charge is -2.34. The first-order valence-electron chi connectivity index (χ1n) is 11.9. The Morgan fingerprint density at radius 1 is 1.08 bits per heavy atom. The number of ether oxygens (including phenoxy) is 1. The van der Waals surface area contributed by atoms with Crippen molar-refractivity contribution in [1.82, 2.24) is 15.0 Å². The summed E-state index contributed by atoms with van der Waals surface area (Å²) in [5.41, 5.74) is 1.88. The molecule has 3 heterocycles. The fourth-order valence-corrected chi connectivity index (χ4v) is 4.42. The number of anilines is 2. The molecule has 2 aromatic carbocycles. The maximum absolute atomic E-state index is 13.2. The van der Waals surface area contributed by atoms with Crippen molar-refractivity contribution in [1.29, 1.82) is 0 Å². The highest BCUT2D eigenvalue weighted by molar-refractivity contribution is 6.04. The molecule has 1 aromatic heterocycles. The van der Waals surface area contributed by atoms with Crippen molar-refractivity contribution in [2.45, 2.75) is 25.0 Å². The topological polar surface area (TPSA) is 158 Å². The van der Waals surface area contributed by atoms with Gasteiger partial charge in [0.2, 0.25) is 0 Å². The van der Waals surface area contributed by atoms with Crippen LogP contribution in [-0.2, 0) is 14.3 Å². The van der Waals surface area contributed by atoms with Gasteiger partial charge in [-0.15, -0.1) is 0 Å². The van der Waals surface area contributed by atoms with Gasteiger partial charge in [-0.05, 0) is 55.3 Å². The fourth-order valence-electron chi connectivity index (χ4n) is 4.42. The molecule has 2 aliphatic heterocycles. The highest BCUT2D eigenvalue weighted by atomic mass is 16.5. The number of nitrogens with one attached hydrogen (secondary N) is 2. The van der Waals surface area contributed by atoms with E-state index in [-0.39, 0.29) is 24.9 Å². The number of hydrogen-bond donors (Lipinski definition) is 3. The lowest BCUT2D eigenvalue weighted by molar-refractivity contribution is -0.150. The number of nitrogens with zero attached hydrogens (tertiary/aromatic N) is 3. The van der Waals surface area contributed by atoms with Crippen LogP contribution in [0.25, 0.3) is 11.4 Å². The number of aromatic nitrogens is 2. The smallest absolute Gasteiger partial charge is 0.380 e. The van der Waals surface area contributed by atoms with Gasteiger partial charge >= 0.3 is 5.76 Å². The Labute approximate surface area is 210 Å². The Morgan fingerprint density at radius 2 is 1.84 bits per heavy atom. The number of hydrogen-bond acceptors (Lipinski definition) is 8. The maximum Gasteiger partial charge on any atom is 0.439 e. The van der Waals surface area contributed by atoms with E-state index in [1.807, 2.05) is 0 Å².